The first-order valence-corrected chi connectivity index (χ1v) is 6.96. The summed E-state index contributed by atoms with van der Waals surface area (Å²) in [6, 6.07) is 9.50. The lowest BCUT2D eigenvalue weighted by atomic mass is 9.97. The van der Waals surface area contributed by atoms with Crippen molar-refractivity contribution in [2.45, 2.75) is 31.4 Å². The quantitative estimate of drug-likeness (QED) is 0.709. The smallest absolute Gasteiger partial charge is 0.264 e. The van der Waals surface area contributed by atoms with Gasteiger partial charge in [-0.1, -0.05) is 42.4 Å². The summed E-state index contributed by atoms with van der Waals surface area (Å²) in [5, 5.41) is 25.3. The minimum absolute atomic E-state index is 0.329. The van der Waals surface area contributed by atoms with Gasteiger partial charge in [-0.15, -0.1) is 0 Å². The summed E-state index contributed by atoms with van der Waals surface area (Å²) in [7, 11) is 0. The van der Waals surface area contributed by atoms with Gasteiger partial charge in [0.15, 0.2) is 0 Å². The van der Waals surface area contributed by atoms with Gasteiger partial charge in [0.2, 0.25) is 6.10 Å². The number of carbonyl (C=O) groups is 1. The number of carbonyl (C=O) groups excluding carboxylic acids is 1. The fourth-order valence-electron chi connectivity index (χ4n) is 2.10. The molecule has 0 bridgehead atoms. The normalized spacial score (nSPS) is 18.0. The number of hydrogen-bond donors (Lipinski definition) is 3. The van der Waals surface area contributed by atoms with Crippen LogP contribution >= 0.6 is 0 Å². The second-order valence-corrected chi connectivity index (χ2v) is 5.14. The molecule has 1 heterocycles. The van der Waals surface area contributed by atoms with Gasteiger partial charge < -0.3 is 20.4 Å². The van der Waals surface area contributed by atoms with E-state index in [1.807, 2.05) is 30.3 Å². The first-order chi connectivity index (χ1) is 10.1. The minimum Gasteiger partial charge on any atom is -0.394 e. The lowest BCUT2D eigenvalue weighted by Gasteiger charge is -2.30. The number of oxime groups is 1. The summed E-state index contributed by atoms with van der Waals surface area (Å²) in [6.45, 7) is 1.13. The molecule has 1 aliphatic rings. The highest BCUT2D eigenvalue weighted by Crippen LogP contribution is 2.18. The summed E-state index contributed by atoms with van der Waals surface area (Å²) in [5.41, 5.74) is 0.611. The van der Waals surface area contributed by atoms with Gasteiger partial charge in [-0.25, -0.2) is 0 Å². The van der Waals surface area contributed by atoms with Crippen molar-refractivity contribution in [2.24, 2.45) is 5.16 Å². The van der Waals surface area contributed by atoms with Gasteiger partial charge in [0, 0.05) is 6.42 Å². The molecule has 0 fully saturated rings. The highest BCUT2D eigenvalue weighted by atomic mass is 16.6. The van der Waals surface area contributed by atoms with Crippen LogP contribution in [0, 0.1) is 0 Å². The summed E-state index contributed by atoms with van der Waals surface area (Å²) >= 11 is 0. The van der Waals surface area contributed by atoms with E-state index in [-0.39, 0.29) is 19.1 Å². The van der Waals surface area contributed by atoms with Crippen molar-refractivity contribution in [1.29, 1.82) is 0 Å². The Morgan fingerprint density at radius 3 is 2.62 bits per heavy atom. The van der Waals surface area contributed by atoms with Crippen molar-refractivity contribution >= 4 is 11.6 Å². The molecule has 2 rings (SSSR count). The summed E-state index contributed by atoms with van der Waals surface area (Å²) in [4.78, 5) is 17.4. The van der Waals surface area contributed by atoms with Gasteiger partial charge in [-0.3, -0.25) is 4.79 Å². The van der Waals surface area contributed by atoms with Gasteiger partial charge >= 0.3 is 0 Å². The van der Waals surface area contributed by atoms with Gasteiger partial charge in [0.05, 0.1) is 24.5 Å². The molecule has 0 saturated carbocycles. The highest BCUT2D eigenvalue weighted by molar-refractivity contribution is 6.04. The average Bonchev–Trinajstić information content (AvgIpc) is 3.04. The maximum atomic E-state index is 12.2. The molecule has 0 aliphatic carbocycles. The van der Waals surface area contributed by atoms with Crippen molar-refractivity contribution in [2.75, 3.05) is 13.2 Å². The molecule has 1 unspecified atom stereocenters. The topological polar surface area (TPSA) is 91.2 Å². The third-order valence-corrected chi connectivity index (χ3v) is 3.74. The van der Waals surface area contributed by atoms with Crippen LogP contribution in [-0.4, -0.2) is 46.7 Å². The Morgan fingerprint density at radius 2 is 2.05 bits per heavy atom. The molecule has 0 radical (unpaired) electrons. The maximum absolute atomic E-state index is 12.2. The number of aliphatic hydroxyl groups excluding tert-OH is 2. The lowest BCUT2D eigenvalue weighted by molar-refractivity contribution is -0.134. The fraction of sp³-hybridized carbons (Fsp3) is 0.467. The summed E-state index contributed by atoms with van der Waals surface area (Å²) in [5.74, 6) is -0.380. The van der Waals surface area contributed by atoms with Crippen LogP contribution in [0.2, 0.25) is 0 Å². The first-order valence-electron chi connectivity index (χ1n) is 6.96. The van der Waals surface area contributed by atoms with E-state index in [2.05, 4.69) is 10.5 Å². The monoisotopic (exact) mass is 292 g/mol. The zero-order valence-corrected chi connectivity index (χ0v) is 12.0. The number of hydrogen-bond acceptors (Lipinski definition) is 5. The van der Waals surface area contributed by atoms with Crippen molar-refractivity contribution < 1.29 is 19.8 Å². The molecule has 1 atom stereocenters. The molecule has 21 heavy (non-hydrogen) atoms. The van der Waals surface area contributed by atoms with Crippen LogP contribution in [0.3, 0.4) is 0 Å². The molecule has 0 aromatic heterocycles. The Balaban J connectivity index is 1.98. The standard InChI is InChI=1S/C15H20N2O4/c1-2-15(9-18,10-19)16-14(20)13-8-12(17-21-13)11-6-4-3-5-7-11/h3-7,13,18-19H,2,8-10H2,1H3,(H,16,20). The number of nitrogens with one attached hydrogen (secondary N) is 1. The molecule has 3 N–H and O–H groups in total. The van der Waals surface area contributed by atoms with Crippen LogP contribution in [0.5, 0.6) is 0 Å². The van der Waals surface area contributed by atoms with E-state index in [1.54, 1.807) is 6.92 Å². The van der Waals surface area contributed by atoms with E-state index < -0.39 is 11.6 Å². The average molecular weight is 292 g/mol. The second kappa shape index (κ2) is 6.69. The molecule has 1 aromatic carbocycles. The van der Waals surface area contributed by atoms with Crippen LogP contribution in [0.25, 0.3) is 0 Å². The Hall–Kier alpha value is -1.92. The molecule has 6 nitrogen and oxygen atoms in total. The predicted molar refractivity (Wildman–Crippen MR) is 77.8 cm³/mol. The van der Waals surface area contributed by atoms with Gasteiger partial charge in [0.25, 0.3) is 5.91 Å². The predicted octanol–water partition coefficient (Wildman–Crippen LogP) is 0.429. The van der Waals surface area contributed by atoms with Gasteiger partial charge in [-0.2, -0.15) is 0 Å². The Bertz CT molecular complexity index is 503. The zero-order valence-electron chi connectivity index (χ0n) is 12.0. The molecule has 1 aromatic rings. The molecular formula is C15H20N2O4. The fourth-order valence-corrected chi connectivity index (χ4v) is 2.10. The molecule has 1 aliphatic heterocycles. The third-order valence-electron chi connectivity index (χ3n) is 3.74. The third kappa shape index (κ3) is 3.40. The molecule has 6 heteroatoms. The van der Waals surface area contributed by atoms with E-state index >= 15 is 0 Å². The molecule has 0 saturated heterocycles. The van der Waals surface area contributed by atoms with Gasteiger partial charge in [0.1, 0.15) is 0 Å². The van der Waals surface area contributed by atoms with Crippen LogP contribution in [-0.2, 0) is 9.63 Å². The first kappa shape index (κ1) is 15.5. The summed E-state index contributed by atoms with van der Waals surface area (Å²) < 4.78 is 0. The largest absolute Gasteiger partial charge is 0.394 e. The van der Waals surface area contributed by atoms with Crippen molar-refractivity contribution in [3.8, 4) is 0 Å². The second-order valence-electron chi connectivity index (χ2n) is 5.14. The number of aliphatic hydroxyl groups is 2. The van der Waals surface area contributed by atoms with Crippen molar-refractivity contribution in [3.63, 3.8) is 0 Å². The number of rotatable bonds is 6. The Kier molecular flexibility index (Phi) is 4.93. The molecule has 1 amide bonds. The highest BCUT2D eigenvalue weighted by Gasteiger charge is 2.35. The van der Waals surface area contributed by atoms with E-state index in [0.717, 1.165) is 5.56 Å². The van der Waals surface area contributed by atoms with E-state index in [1.165, 1.54) is 0 Å². The van der Waals surface area contributed by atoms with Crippen molar-refractivity contribution in [3.05, 3.63) is 35.9 Å². The number of benzene rings is 1. The molecule has 114 valence electrons. The van der Waals surface area contributed by atoms with E-state index in [4.69, 9.17) is 4.84 Å². The molecule has 0 spiro atoms. The van der Waals surface area contributed by atoms with E-state index in [0.29, 0.717) is 18.6 Å². The zero-order chi connectivity index (χ0) is 15.3. The van der Waals surface area contributed by atoms with Crippen LogP contribution in [0.1, 0.15) is 25.3 Å². The molecular weight excluding hydrogens is 272 g/mol. The van der Waals surface area contributed by atoms with E-state index in [9.17, 15) is 15.0 Å². The number of amides is 1. The van der Waals surface area contributed by atoms with Gasteiger partial charge in [-0.05, 0) is 12.0 Å². The summed E-state index contributed by atoms with van der Waals surface area (Å²) in [6.07, 6.45) is 0.0569. The maximum Gasteiger partial charge on any atom is 0.264 e. The Morgan fingerprint density at radius 1 is 1.38 bits per heavy atom. The number of nitrogens with zero attached hydrogens (tertiary/aromatic N) is 1. The minimum atomic E-state index is -1.02. The Labute approximate surface area is 123 Å². The van der Waals surface area contributed by atoms with Crippen LogP contribution in [0.15, 0.2) is 35.5 Å². The lowest BCUT2D eigenvalue weighted by Crippen LogP contribution is -2.56. The van der Waals surface area contributed by atoms with Crippen LogP contribution in [0.4, 0.5) is 0 Å². The van der Waals surface area contributed by atoms with Crippen molar-refractivity contribution in [1.82, 2.24) is 5.32 Å². The SMILES string of the molecule is CCC(CO)(CO)NC(=O)C1CC(c2ccccc2)=NO1. The van der Waals surface area contributed by atoms with Crippen LogP contribution < -0.4 is 5.32 Å².